The summed E-state index contributed by atoms with van der Waals surface area (Å²) in [5.74, 6) is 0. The summed E-state index contributed by atoms with van der Waals surface area (Å²) in [6, 6.07) is 12.7. The number of hydrogen-bond acceptors (Lipinski definition) is 4. The highest BCUT2D eigenvalue weighted by molar-refractivity contribution is 7.16. The van der Waals surface area contributed by atoms with Crippen molar-refractivity contribution in [1.29, 1.82) is 0 Å². The quantitative estimate of drug-likeness (QED) is 0.461. The van der Waals surface area contributed by atoms with E-state index in [1.165, 1.54) is 10.3 Å². The van der Waals surface area contributed by atoms with E-state index in [0.29, 0.717) is 6.54 Å². The van der Waals surface area contributed by atoms with Crippen LogP contribution in [0.2, 0.25) is 0 Å². The molecule has 148 valence electrons. The van der Waals surface area contributed by atoms with Gasteiger partial charge in [-0.1, -0.05) is 18.2 Å². The molecule has 0 amide bonds. The van der Waals surface area contributed by atoms with Gasteiger partial charge in [-0.25, -0.2) is 9.37 Å². The van der Waals surface area contributed by atoms with Crippen molar-refractivity contribution in [2.45, 2.75) is 25.6 Å². The van der Waals surface area contributed by atoms with Gasteiger partial charge >= 0.3 is 0 Å². The maximum atomic E-state index is 15.4. The van der Waals surface area contributed by atoms with E-state index >= 15 is 4.39 Å². The van der Waals surface area contributed by atoms with Gasteiger partial charge in [0, 0.05) is 37.9 Å². The van der Waals surface area contributed by atoms with Crippen molar-refractivity contribution in [1.82, 2.24) is 19.7 Å². The number of fused-ring (bicyclic) bond motifs is 2. The molecule has 0 fully saturated rings. The van der Waals surface area contributed by atoms with Crippen LogP contribution in [0.1, 0.15) is 35.8 Å². The molecule has 1 aliphatic rings. The summed E-state index contributed by atoms with van der Waals surface area (Å²) in [5, 5.41) is 4.24. The summed E-state index contributed by atoms with van der Waals surface area (Å²) in [7, 11) is 1.90. The Hall–Kier alpha value is -2.57. The molecule has 4 aromatic rings. The Morgan fingerprint density at radius 2 is 2.07 bits per heavy atom. The van der Waals surface area contributed by atoms with Crippen LogP contribution in [0, 0.1) is 0 Å². The zero-order valence-electron chi connectivity index (χ0n) is 16.5. The van der Waals surface area contributed by atoms with Gasteiger partial charge in [0.2, 0.25) is 0 Å². The lowest BCUT2D eigenvalue weighted by Gasteiger charge is -2.28. The molecule has 0 bridgehead atoms. The first-order valence-corrected chi connectivity index (χ1v) is 10.8. The monoisotopic (exact) mass is 406 g/mol. The number of aromatic nitrogens is 3. The first-order valence-electron chi connectivity index (χ1n) is 9.91. The van der Waals surface area contributed by atoms with E-state index in [0.717, 1.165) is 40.7 Å². The van der Waals surface area contributed by atoms with Crippen molar-refractivity contribution < 1.29 is 4.39 Å². The van der Waals surface area contributed by atoms with Crippen molar-refractivity contribution in [3.8, 4) is 11.1 Å². The number of hydrogen-bond donors (Lipinski definition) is 0. The van der Waals surface area contributed by atoms with Gasteiger partial charge in [0.15, 0.2) is 0 Å². The lowest BCUT2D eigenvalue weighted by atomic mass is 9.97. The lowest BCUT2D eigenvalue weighted by Crippen LogP contribution is -2.30. The summed E-state index contributed by atoms with van der Waals surface area (Å²) in [5.41, 5.74) is 8.06. The van der Waals surface area contributed by atoms with Gasteiger partial charge in [0.05, 0.1) is 21.9 Å². The molecular weight excluding hydrogens is 383 g/mol. The molecule has 1 aliphatic heterocycles. The van der Waals surface area contributed by atoms with E-state index in [4.69, 9.17) is 0 Å². The largest absolute Gasteiger partial charge is 0.293 e. The molecule has 3 heterocycles. The number of halogens is 1. The van der Waals surface area contributed by atoms with Gasteiger partial charge in [-0.3, -0.25) is 9.58 Å². The molecule has 2 atom stereocenters. The van der Waals surface area contributed by atoms with E-state index in [2.05, 4.69) is 52.2 Å². The molecule has 0 saturated carbocycles. The van der Waals surface area contributed by atoms with Crippen molar-refractivity contribution in [2.24, 2.45) is 7.05 Å². The van der Waals surface area contributed by atoms with Crippen molar-refractivity contribution in [2.75, 3.05) is 13.1 Å². The van der Waals surface area contributed by atoms with Crippen LogP contribution in [0.15, 0.2) is 54.3 Å². The Balaban J connectivity index is 1.41. The fourth-order valence-corrected chi connectivity index (χ4v) is 4.88. The zero-order valence-corrected chi connectivity index (χ0v) is 17.4. The highest BCUT2D eigenvalue weighted by Crippen LogP contribution is 2.34. The Kier molecular flexibility index (Phi) is 4.68. The minimum atomic E-state index is -1.01. The first kappa shape index (κ1) is 18.5. The summed E-state index contributed by atoms with van der Waals surface area (Å²) in [4.78, 5) is 6.68. The van der Waals surface area contributed by atoms with Crippen LogP contribution in [0.4, 0.5) is 4.39 Å². The third-order valence-electron chi connectivity index (χ3n) is 5.97. The molecule has 0 radical (unpaired) electrons. The van der Waals surface area contributed by atoms with Crippen LogP contribution < -0.4 is 0 Å². The highest BCUT2D eigenvalue weighted by Gasteiger charge is 2.27. The number of nitrogens with zero attached hydrogens (tertiary/aromatic N) is 4. The number of alkyl halides is 1. The van der Waals surface area contributed by atoms with Crippen LogP contribution in [-0.2, 0) is 13.5 Å². The SMILES string of the molecule is CC(c1ccc2scnc2c1)N1CCc2ccc(-c3cnn(C)c3)cc2[C@@H](F)C1. The smallest absolute Gasteiger partial charge is 0.138 e. The summed E-state index contributed by atoms with van der Waals surface area (Å²) in [6.07, 6.45) is 3.64. The molecule has 0 saturated heterocycles. The Morgan fingerprint density at radius 3 is 2.90 bits per heavy atom. The predicted molar refractivity (Wildman–Crippen MR) is 116 cm³/mol. The fraction of sp³-hybridized carbons (Fsp3) is 0.304. The molecule has 5 rings (SSSR count). The normalized spacial score (nSPS) is 18.5. The minimum absolute atomic E-state index is 0.145. The number of aryl methyl sites for hydroxylation is 1. The molecule has 1 unspecified atom stereocenters. The molecule has 0 aliphatic carbocycles. The minimum Gasteiger partial charge on any atom is -0.293 e. The van der Waals surface area contributed by atoms with Gasteiger partial charge in [-0.15, -0.1) is 11.3 Å². The molecule has 4 nitrogen and oxygen atoms in total. The maximum Gasteiger partial charge on any atom is 0.138 e. The van der Waals surface area contributed by atoms with Crippen LogP contribution in [-0.4, -0.2) is 32.8 Å². The second-order valence-corrected chi connectivity index (χ2v) is 8.67. The van der Waals surface area contributed by atoms with Crippen molar-refractivity contribution in [3.05, 3.63) is 71.0 Å². The Morgan fingerprint density at radius 1 is 1.17 bits per heavy atom. The predicted octanol–water partition coefficient (Wildman–Crippen LogP) is 5.33. The lowest BCUT2D eigenvalue weighted by molar-refractivity contribution is 0.161. The first-order chi connectivity index (χ1) is 14.1. The standard InChI is InChI=1S/C23H23FN4S/c1-15(17-5-6-23-22(10-17)25-14-29-23)28-8-7-16-3-4-18(9-20(16)21(24)13-28)19-11-26-27(2)12-19/h3-6,9-12,14-15,21H,7-8,13H2,1-2H3/t15?,21-/m0/s1. The average molecular weight is 407 g/mol. The van der Waals surface area contributed by atoms with E-state index in [-0.39, 0.29) is 6.04 Å². The summed E-state index contributed by atoms with van der Waals surface area (Å²) in [6.45, 7) is 3.41. The number of rotatable bonds is 3. The molecule has 0 spiro atoms. The molecule has 0 N–H and O–H groups in total. The molecule has 2 aromatic heterocycles. The number of benzene rings is 2. The summed E-state index contributed by atoms with van der Waals surface area (Å²) >= 11 is 1.65. The second-order valence-electron chi connectivity index (χ2n) is 7.78. The Labute approximate surface area is 173 Å². The van der Waals surface area contributed by atoms with Gasteiger partial charge in [0.1, 0.15) is 6.17 Å². The van der Waals surface area contributed by atoms with Crippen LogP contribution in [0.5, 0.6) is 0 Å². The topological polar surface area (TPSA) is 34.0 Å². The molecule has 6 heteroatoms. The maximum absolute atomic E-state index is 15.4. The Bertz CT molecular complexity index is 1160. The van der Waals surface area contributed by atoms with E-state index in [1.807, 2.05) is 31.0 Å². The van der Waals surface area contributed by atoms with E-state index < -0.39 is 6.17 Å². The van der Waals surface area contributed by atoms with Crippen LogP contribution >= 0.6 is 11.3 Å². The highest BCUT2D eigenvalue weighted by atomic mass is 32.1. The zero-order chi connectivity index (χ0) is 20.0. The molecular formula is C23H23FN4S. The van der Waals surface area contributed by atoms with Crippen LogP contribution in [0.3, 0.4) is 0 Å². The third-order valence-corrected chi connectivity index (χ3v) is 6.78. The van der Waals surface area contributed by atoms with E-state index in [9.17, 15) is 0 Å². The van der Waals surface area contributed by atoms with Crippen LogP contribution in [0.25, 0.3) is 21.3 Å². The number of thiazole rings is 1. The molecule has 29 heavy (non-hydrogen) atoms. The van der Waals surface area contributed by atoms with Crippen molar-refractivity contribution >= 4 is 21.6 Å². The van der Waals surface area contributed by atoms with Gasteiger partial charge in [0.25, 0.3) is 0 Å². The van der Waals surface area contributed by atoms with Gasteiger partial charge in [-0.05, 0) is 53.8 Å². The van der Waals surface area contributed by atoms with Gasteiger partial charge < -0.3 is 0 Å². The van der Waals surface area contributed by atoms with Gasteiger partial charge in [-0.2, -0.15) is 5.10 Å². The van der Waals surface area contributed by atoms with E-state index in [1.54, 1.807) is 16.0 Å². The second kappa shape index (κ2) is 7.35. The molecule has 2 aromatic carbocycles. The third kappa shape index (κ3) is 3.47. The fourth-order valence-electron chi connectivity index (χ4n) is 4.22. The summed E-state index contributed by atoms with van der Waals surface area (Å²) < 4.78 is 18.4. The van der Waals surface area contributed by atoms with Crippen molar-refractivity contribution in [3.63, 3.8) is 0 Å². The average Bonchev–Trinajstić information content (AvgIpc) is 3.34.